The van der Waals surface area contributed by atoms with Crippen molar-refractivity contribution in [3.05, 3.63) is 87.9 Å². The van der Waals surface area contributed by atoms with Crippen LogP contribution in [0.1, 0.15) is 27.7 Å². The molecule has 1 aromatic carbocycles. The molecule has 0 aliphatic carbocycles. The largest absolute Gasteiger partial charge is 0.373 e. The highest BCUT2D eigenvalue weighted by molar-refractivity contribution is 5.95. The Kier molecular flexibility index (Phi) is 3.99. The first-order valence-corrected chi connectivity index (χ1v) is 9.29. The first-order valence-electron chi connectivity index (χ1n) is 9.29. The number of hydrogen-bond acceptors (Lipinski definition) is 3. The zero-order valence-electron chi connectivity index (χ0n) is 15.7. The third-order valence-corrected chi connectivity index (χ3v) is 5.52. The molecule has 1 N–H and O–H groups in total. The molecule has 0 unspecified atom stereocenters. The van der Waals surface area contributed by atoms with Crippen molar-refractivity contribution in [3.8, 4) is 0 Å². The number of rotatable bonds is 2. The van der Waals surface area contributed by atoms with Crippen LogP contribution in [0.3, 0.4) is 0 Å². The van der Waals surface area contributed by atoms with Crippen molar-refractivity contribution in [2.75, 3.05) is 13.7 Å². The summed E-state index contributed by atoms with van der Waals surface area (Å²) in [6.07, 6.45) is 3.68. The average molecular weight is 391 g/mol. The number of hydrogen-bond donors (Lipinski definition) is 1. The summed E-state index contributed by atoms with van der Waals surface area (Å²) in [5.41, 5.74) is 2.59. The molecule has 7 heteroatoms. The molecule has 29 heavy (non-hydrogen) atoms. The highest BCUT2D eigenvalue weighted by Gasteiger charge is 2.31. The minimum atomic E-state index is -0.476. The molecule has 4 aromatic rings. The summed E-state index contributed by atoms with van der Waals surface area (Å²) in [6, 6.07) is 11.3. The SMILES string of the molecule is CN(C(=O)c1ccc2cccn2c1)[C@@H]1COCc2[nH]c(=O)c3cc(F)ccc3c21. The molecule has 146 valence electrons. The number of fused-ring (bicyclic) bond motifs is 4. The summed E-state index contributed by atoms with van der Waals surface area (Å²) in [5, 5.41) is 0.907. The molecule has 1 amide bonds. The third-order valence-electron chi connectivity index (χ3n) is 5.52. The van der Waals surface area contributed by atoms with E-state index in [-0.39, 0.29) is 23.5 Å². The zero-order valence-corrected chi connectivity index (χ0v) is 15.7. The van der Waals surface area contributed by atoms with Crippen LogP contribution in [0.4, 0.5) is 4.39 Å². The number of nitrogens with one attached hydrogen (secondary N) is 1. The van der Waals surface area contributed by atoms with E-state index in [2.05, 4.69) is 4.98 Å². The van der Waals surface area contributed by atoms with Crippen molar-refractivity contribution in [2.24, 2.45) is 0 Å². The van der Waals surface area contributed by atoms with Crippen LogP contribution in [0, 0.1) is 5.82 Å². The Hall–Kier alpha value is -3.45. The quantitative estimate of drug-likeness (QED) is 0.570. The number of aromatic amines is 1. The first kappa shape index (κ1) is 17.6. The summed E-state index contributed by atoms with van der Waals surface area (Å²) >= 11 is 0. The monoisotopic (exact) mass is 391 g/mol. The lowest BCUT2D eigenvalue weighted by molar-refractivity contribution is 0.0335. The number of nitrogens with zero attached hydrogens (tertiary/aromatic N) is 2. The van der Waals surface area contributed by atoms with Gasteiger partial charge in [-0.15, -0.1) is 0 Å². The number of ether oxygens (including phenoxy) is 1. The van der Waals surface area contributed by atoms with Crippen molar-refractivity contribution in [1.29, 1.82) is 0 Å². The second-order valence-electron chi connectivity index (χ2n) is 7.24. The number of amides is 1. The molecule has 3 aromatic heterocycles. The number of H-pyrrole nitrogens is 1. The van der Waals surface area contributed by atoms with Gasteiger partial charge in [-0.1, -0.05) is 6.07 Å². The molecule has 0 bridgehead atoms. The predicted octanol–water partition coefficient (Wildman–Crippen LogP) is 3.26. The molecule has 0 fully saturated rings. The van der Waals surface area contributed by atoms with Gasteiger partial charge in [-0.25, -0.2) is 4.39 Å². The molecular formula is C22H18FN3O3. The van der Waals surface area contributed by atoms with Crippen LogP contribution in [0.2, 0.25) is 0 Å². The number of pyridine rings is 2. The van der Waals surface area contributed by atoms with Gasteiger partial charge in [0.05, 0.1) is 30.2 Å². The maximum absolute atomic E-state index is 13.7. The number of halogens is 1. The van der Waals surface area contributed by atoms with E-state index < -0.39 is 11.9 Å². The number of aromatic nitrogens is 2. The van der Waals surface area contributed by atoms with E-state index in [0.29, 0.717) is 23.3 Å². The highest BCUT2D eigenvalue weighted by Crippen LogP contribution is 2.33. The summed E-state index contributed by atoms with van der Waals surface area (Å²) in [7, 11) is 1.71. The van der Waals surface area contributed by atoms with E-state index in [1.54, 1.807) is 30.3 Å². The molecule has 5 rings (SSSR count). The maximum atomic E-state index is 13.7. The molecule has 0 saturated heterocycles. The Balaban J connectivity index is 1.60. The van der Waals surface area contributed by atoms with Crippen molar-refractivity contribution < 1.29 is 13.9 Å². The summed E-state index contributed by atoms with van der Waals surface area (Å²) < 4.78 is 21.3. The van der Waals surface area contributed by atoms with Gasteiger partial charge in [0.15, 0.2) is 0 Å². The Morgan fingerprint density at radius 3 is 2.97 bits per heavy atom. The Morgan fingerprint density at radius 2 is 2.10 bits per heavy atom. The number of benzene rings is 1. The van der Waals surface area contributed by atoms with E-state index in [4.69, 9.17) is 4.74 Å². The fraction of sp³-hybridized carbons (Fsp3) is 0.182. The lowest BCUT2D eigenvalue weighted by Gasteiger charge is -2.33. The Labute approximate surface area is 165 Å². The lowest BCUT2D eigenvalue weighted by Crippen LogP contribution is -2.37. The second kappa shape index (κ2) is 6.56. The van der Waals surface area contributed by atoms with E-state index in [9.17, 15) is 14.0 Å². The van der Waals surface area contributed by atoms with Crippen molar-refractivity contribution in [3.63, 3.8) is 0 Å². The van der Waals surface area contributed by atoms with Gasteiger partial charge in [0, 0.05) is 36.2 Å². The summed E-state index contributed by atoms with van der Waals surface area (Å²) in [6.45, 7) is 0.533. The van der Waals surface area contributed by atoms with Gasteiger partial charge in [-0.2, -0.15) is 0 Å². The lowest BCUT2D eigenvalue weighted by atomic mass is 9.95. The van der Waals surface area contributed by atoms with E-state index in [0.717, 1.165) is 11.1 Å². The van der Waals surface area contributed by atoms with Gasteiger partial charge in [-0.05, 0) is 41.8 Å². The minimum absolute atomic E-state index is 0.163. The smallest absolute Gasteiger partial charge is 0.256 e. The Bertz CT molecular complexity index is 1320. The van der Waals surface area contributed by atoms with Crippen molar-refractivity contribution in [2.45, 2.75) is 12.6 Å². The molecule has 4 heterocycles. The van der Waals surface area contributed by atoms with E-state index in [1.807, 2.05) is 28.8 Å². The molecule has 0 radical (unpaired) electrons. The first-order chi connectivity index (χ1) is 14.0. The Morgan fingerprint density at radius 1 is 1.24 bits per heavy atom. The second-order valence-corrected chi connectivity index (χ2v) is 7.24. The fourth-order valence-electron chi connectivity index (χ4n) is 4.03. The molecule has 1 atom stereocenters. The van der Waals surface area contributed by atoms with Gasteiger partial charge in [0.1, 0.15) is 5.82 Å². The normalized spacial score (nSPS) is 16.1. The van der Waals surface area contributed by atoms with Crippen LogP contribution in [-0.2, 0) is 11.3 Å². The van der Waals surface area contributed by atoms with Gasteiger partial charge in [0.2, 0.25) is 0 Å². The molecular weight excluding hydrogens is 373 g/mol. The third kappa shape index (κ3) is 2.82. The standard InChI is InChI=1S/C22H18FN3O3/c1-25(22(28)13-4-6-15-3-2-8-26(15)10-13)19-12-29-11-18-20(19)16-7-5-14(23)9-17(16)21(27)24-18/h2-10,19H,11-12H2,1H3,(H,24,27)/t19-/m1/s1. The fourth-order valence-corrected chi connectivity index (χ4v) is 4.03. The van der Waals surface area contributed by atoms with Gasteiger partial charge >= 0.3 is 0 Å². The van der Waals surface area contributed by atoms with Crippen LogP contribution in [-0.4, -0.2) is 33.8 Å². The topological polar surface area (TPSA) is 66.8 Å². The molecule has 6 nitrogen and oxygen atoms in total. The molecule has 0 saturated carbocycles. The van der Waals surface area contributed by atoms with Crippen molar-refractivity contribution in [1.82, 2.24) is 14.3 Å². The van der Waals surface area contributed by atoms with Gasteiger partial charge < -0.3 is 19.0 Å². The van der Waals surface area contributed by atoms with Crippen molar-refractivity contribution >= 4 is 22.2 Å². The van der Waals surface area contributed by atoms with Crippen LogP contribution in [0.25, 0.3) is 16.3 Å². The zero-order chi connectivity index (χ0) is 20.1. The van der Waals surface area contributed by atoms with Gasteiger partial charge in [0.25, 0.3) is 11.5 Å². The number of carbonyl (C=O) groups excluding carboxylic acids is 1. The number of likely N-dealkylation sites (N-methyl/N-ethyl adjacent to an activating group) is 1. The molecule has 1 aliphatic heterocycles. The van der Waals surface area contributed by atoms with Crippen LogP contribution >= 0.6 is 0 Å². The average Bonchev–Trinajstić information content (AvgIpc) is 3.20. The van der Waals surface area contributed by atoms with Gasteiger partial charge in [-0.3, -0.25) is 9.59 Å². The minimum Gasteiger partial charge on any atom is -0.373 e. The highest BCUT2D eigenvalue weighted by atomic mass is 19.1. The van der Waals surface area contributed by atoms with Crippen LogP contribution in [0.5, 0.6) is 0 Å². The van der Waals surface area contributed by atoms with E-state index in [1.165, 1.54) is 12.1 Å². The van der Waals surface area contributed by atoms with Crippen LogP contribution in [0.15, 0.2) is 59.7 Å². The van der Waals surface area contributed by atoms with E-state index >= 15 is 0 Å². The summed E-state index contributed by atoms with van der Waals surface area (Å²) in [5.74, 6) is -0.639. The molecule has 1 aliphatic rings. The maximum Gasteiger partial charge on any atom is 0.256 e. The number of carbonyl (C=O) groups is 1. The molecule has 0 spiro atoms. The summed E-state index contributed by atoms with van der Waals surface area (Å²) in [4.78, 5) is 30.0. The predicted molar refractivity (Wildman–Crippen MR) is 106 cm³/mol. The van der Waals surface area contributed by atoms with Crippen LogP contribution < -0.4 is 5.56 Å².